The average Bonchev–Trinajstić information content (AvgIpc) is 2.70. The molecular formula is C15H24ClN3O4S. The van der Waals surface area contributed by atoms with E-state index >= 15 is 0 Å². The van der Waals surface area contributed by atoms with Crippen molar-refractivity contribution in [2.45, 2.75) is 25.4 Å². The van der Waals surface area contributed by atoms with Gasteiger partial charge in [0, 0.05) is 32.7 Å². The van der Waals surface area contributed by atoms with Crippen LogP contribution >= 0.6 is 12.4 Å². The van der Waals surface area contributed by atoms with Crippen LogP contribution in [-0.2, 0) is 21.5 Å². The first kappa shape index (κ1) is 20.9. The molecular weight excluding hydrogens is 354 g/mol. The SMILES string of the molecule is CN(Cc1ccccc1)S(=O)(=O)N1C[C@H](N)CC[C@H](C(=O)O)C1.Cl. The maximum absolute atomic E-state index is 12.8. The van der Waals surface area contributed by atoms with E-state index in [1.807, 2.05) is 30.3 Å². The van der Waals surface area contributed by atoms with E-state index in [-0.39, 0.29) is 38.1 Å². The molecule has 0 saturated carbocycles. The van der Waals surface area contributed by atoms with Crippen molar-refractivity contribution in [1.29, 1.82) is 0 Å². The Labute approximate surface area is 149 Å². The van der Waals surface area contributed by atoms with Gasteiger partial charge in [-0.1, -0.05) is 30.3 Å². The Hall–Kier alpha value is -1.19. The molecule has 7 nitrogen and oxygen atoms in total. The third kappa shape index (κ3) is 5.15. The molecule has 0 unspecified atom stereocenters. The van der Waals surface area contributed by atoms with E-state index in [9.17, 15) is 18.3 Å². The van der Waals surface area contributed by atoms with Crippen molar-refractivity contribution in [3.05, 3.63) is 35.9 Å². The van der Waals surface area contributed by atoms with Crippen molar-refractivity contribution in [2.24, 2.45) is 11.7 Å². The van der Waals surface area contributed by atoms with Gasteiger partial charge in [0.05, 0.1) is 5.92 Å². The van der Waals surface area contributed by atoms with Gasteiger partial charge >= 0.3 is 5.97 Å². The van der Waals surface area contributed by atoms with Crippen molar-refractivity contribution in [1.82, 2.24) is 8.61 Å². The molecule has 9 heteroatoms. The lowest BCUT2D eigenvalue weighted by atomic mass is 10.0. The summed E-state index contributed by atoms with van der Waals surface area (Å²) in [6.07, 6.45) is 0.899. The Bertz CT molecular complexity index is 641. The van der Waals surface area contributed by atoms with Gasteiger partial charge in [0.15, 0.2) is 0 Å². The maximum Gasteiger partial charge on any atom is 0.307 e. The monoisotopic (exact) mass is 377 g/mol. The molecule has 1 heterocycles. The fourth-order valence-corrected chi connectivity index (χ4v) is 4.14. The zero-order valence-corrected chi connectivity index (χ0v) is 15.2. The summed E-state index contributed by atoms with van der Waals surface area (Å²) in [6.45, 7) is 0.336. The largest absolute Gasteiger partial charge is 0.481 e. The number of nitrogens with zero attached hydrogens (tertiary/aromatic N) is 2. The number of rotatable bonds is 5. The Morgan fingerprint density at radius 3 is 2.50 bits per heavy atom. The molecule has 1 fully saturated rings. The van der Waals surface area contributed by atoms with Crippen LogP contribution in [0.1, 0.15) is 18.4 Å². The van der Waals surface area contributed by atoms with Gasteiger partial charge in [0.2, 0.25) is 0 Å². The van der Waals surface area contributed by atoms with Crippen LogP contribution < -0.4 is 5.73 Å². The van der Waals surface area contributed by atoms with Gasteiger partial charge in [-0.15, -0.1) is 12.4 Å². The lowest BCUT2D eigenvalue weighted by Crippen LogP contribution is -2.47. The predicted molar refractivity (Wildman–Crippen MR) is 94.0 cm³/mol. The lowest BCUT2D eigenvalue weighted by molar-refractivity contribution is -0.142. The molecule has 1 aromatic carbocycles. The summed E-state index contributed by atoms with van der Waals surface area (Å²) >= 11 is 0. The third-order valence-corrected chi connectivity index (χ3v) is 5.93. The molecule has 1 saturated heterocycles. The van der Waals surface area contributed by atoms with E-state index in [1.165, 1.54) is 15.7 Å². The van der Waals surface area contributed by atoms with Gasteiger partial charge in [0.1, 0.15) is 0 Å². The van der Waals surface area contributed by atoms with Gasteiger partial charge in [-0.2, -0.15) is 17.0 Å². The number of carboxylic acids is 1. The molecule has 0 bridgehead atoms. The van der Waals surface area contributed by atoms with Crippen LogP contribution in [0.4, 0.5) is 0 Å². The molecule has 1 aliphatic rings. The molecule has 3 N–H and O–H groups in total. The van der Waals surface area contributed by atoms with Gasteiger partial charge in [-0.05, 0) is 18.4 Å². The number of nitrogens with two attached hydrogens (primary N) is 1. The van der Waals surface area contributed by atoms with Crippen LogP contribution in [0.15, 0.2) is 30.3 Å². The minimum Gasteiger partial charge on any atom is -0.481 e. The first-order valence-corrected chi connectivity index (χ1v) is 8.94. The summed E-state index contributed by atoms with van der Waals surface area (Å²) in [4.78, 5) is 11.3. The maximum atomic E-state index is 12.8. The highest BCUT2D eigenvalue weighted by Gasteiger charge is 2.35. The topological polar surface area (TPSA) is 104 Å². The number of halogens is 1. The van der Waals surface area contributed by atoms with E-state index in [0.29, 0.717) is 12.8 Å². The minimum absolute atomic E-state index is 0. The zero-order chi connectivity index (χ0) is 17.0. The molecule has 2 rings (SSSR count). The summed E-state index contributed by atoms with van der Waals surface area (Å²) < 4.78 is 28.0. The Balaban J connectivity index is 0.00000288. The van der Waals surface area contributed by atoms with Crippen molar-refractivity contribution >= 4 is 28.6 Å². The smallest absolute Gasteiger partial charge is 0.307 e. The first-order chi connectivity index (χ1) is 10.8. The van der Waals surface area contributed by atoms with E-state index in [0.717, 1.165) is 5.56 Å². The Morgan fingerprint density at radius 2 is 1.92 bits per heavy atom. The van der Waals surface area contributed by atoms with Crippen molar-refractivity contribution < 1.29 is 18.3 Å². The Kier molecular flexibility index (Phi) is 7.62. The minimum atomic E-state index is -3.76. The second-order valence-corrected chi connectivity index (χ2v) is 7.97. The fraction of sp³-hybridized carbons (Fsp3) is 0.533. The molecule has 0 spiro atoms. The molecule has 136 valence electrons. The van der Waals surface area contributed by atoms with Crippen molar-refractivity contribution in [2.75, 3.05) is 20.1 Å². The van der Waals surface area contributed by atoms with Crippen LogP contribution in [0.3, 0.4) is 0 Å². The number of hydrogen-bond donors (Lipinski definition) is 2. The van der Waals surface area contributed by atoms with Crippen molar-refractivity contribution in [3.8, 4) is 0 Å². The third-order valence-electron chi connectivity index (χ3n) is 4.07. The molecule has 24 heavy (non-hydrogen) atoms. The molecule has 0 radical (unpaired) electrons. The second kappa shape index (κ2) is 8.77. The Morgan fingerprint density at radius 1 is 1.29 bits per heavy atom. The summed E-state index contributed by atoms with van der Waals surface area (Å²) in [5.74, 6) is -1.70. The van der Waals surface area contributed by atoms with Gasteiger partial charge in [-0.3, -0.25) is 4.79 Å². The van der Waals surface area contributed by atoms with Crippen LogP contribution in [0.2, 0.25) is 0 Å². The quantitative estimate of drug-likeness (QED) is 0.793. The molecule has 0 amide bonds. The van der Waals surface area contributed by atoms with Crippen molar-refractivity contribution in [3.63, 3.8) is 0 Å². The summed E-state index contributed by atoms with van der Waals surface area (Å²) in [6, 6.07) is 8.90. The molecule has 0 aliphatic carbocycles. The number of benzene rings is 1. The number of aliphatic carboxylic acids is 1. The van der Waals surface area contributed by atoms with Crippen LogP contribution in [0.25, 0.3) is 0 Å². The summed E-state index contributed by atoms with van der Waals surface area (Å²) in [5, 5.41) is 9.23. The van der Waals surface area contributed by atoms with E-state index < -0.39 is 22.1 Å². The highest BCUT2D eigenvalue weighted by Crippen LogP contribution is 2.21. The summed E-state index contributed by atoms with van der Waals surface area (Å²) in [5.41, 5.74) is 6.79. The van der Waals surface area contributed by atoms with Gasteiger partial charge in [-0.25, -0.2) is 0 Å². The highest BCUT2D eigenvalue weighted by atomic mass is 35.5. The van der Waals surface area contributed by atoms with Crippen LogP contribution in [-0.4, -0.2) is 54.3 Å². The molecule has 2 atom stereocenters. The van der Waals surface area contributed by atoms with Crippen LogP contribution in [0, 0.1) is 5.92 Å². The average molecular weight is 378 g/mol. The van der Waals surface area contributed by atoms with E-state index in [4.69, 9.17) is 5.73 Å². The van der Waals surface area contributed by atoms with E-state index in [2.05, 4.69) is 0 Å². The zero-order valence-electron chi connectivity index (χ0n) is 13.5. The first-order valence-electron chi connectivity index (χ1n) is 7.54. The van der Waals surface area contributed by atoms with Gasteiger partial charge < -0.3 is 10.8 Å². The van der Waals surface area contributed by atoms with Crippen LogP contribution in [0.5, 0.6) is 0 Å². The second-order valence-electron chi connectivity index (χ2n) is 5.94. The predicted octanol–water partition coefficient (Wildman–Crippen LogP) is 0.909. The van der Waals surface area contributed by atoms with Gasteiger partial charge in [0.25, 0.3) is 10.2 Å². The number of carboxylic acid groups (broad SMARTS) is 1. The normalized spacial score (nSPS) is 22.6. The highest BCUT2D eigenvalue weighted by molar-refractivity contribution is 7.86. The fourth-order valence-electron chi connectivity index (χ4n) is 2.69. The number of hydrogen-bond acceptors (Lipinski definition) is 4. The molecule has 1 aliphatic heterocycles. The molecule has 0 aromatic heterocycles. The summed E-state index contributed by atoms with van der Waals surface area (Å²) in [7, 11) is -2.27. The molecule has 1 aromatic rings. The number of carbonyl (C=O) groups is 1. The standard InChI is InChI=1S/C15H23N3O4S.ClH/c1-17(9-12-5-3-2-4-6-12)23(21,22)18-10-13(15(19)20)7-8-14(16)11-18;/h2-6,13-14H,7-11,16H2,1H3,(H,19,20);1H/t13-,14+;/m0./s1. The van der Waals surface area contributed by atoms with E-state index in [1.54, 1.807) is 0 Å². The lowest BCUT2D eigenvalue weighted by Gasteiger charge is -2.28.